The normalized spacial score (nSPS) is 10.2. The molecule has 2 rings (SSSR count). The highest BCUT2D eigenvalue weighted by atomic mass is 16.5. The van der Waals surface area contributed by atoms with Gasteiger partial charge in [0, 0.05) is 0 Å². The van der Waals surface area contributed by atoms with Crippen molar-refractivity contribution in [2.75, 3.05) is 14.2 Å². The van der Waals surface area contributed by atoms with E-state index in [1.807, 2.05) is 0 Å². The van der Waals surface area contributed by atoms with E-state index < -0.39 is 12.1 Å². The second-order valence-corrected chi connectivity index (χ2v) is 3.22. The third-order valence-electron chi connectivity index (χ3n) is 2.29. The number of carbonyl (C=O) groups excluding carboxylic acids is 2. The molecular formula is C11H10N2O4. The van der Waals surface area contributed by atoms with Crippen LogP contribution in [0.3, 0.4) is 0 Å². The van der Waals surface area contributed by atoms with Crippen molar-refractivity contribution in [2.24, 2.45) is 0 Å². The van der Waals surface area contributed by atoms with Gasteiger partial charge in [0.05, 0.1) is 25.3 Å². The van der Waals surface area contributed by atoms with E-state index in [1.165, 1.54) is 14.2 Å². The molecule has 0 aliphatic carbocycles. The number of esters is 1. The van der Waals surface area contributed by atoms with E-state index >= 15 is 0 Å². The van der Waals surface area contributed by atoms with E-state index in [1.54, 1.807) is 24.3 Å². The minimum absolute atomic E-state index is 0.0967. The molecule has 6 nitrogen and oxygen atoms in total. The Morgan fingerprint density at radius 3 is 2.53 bits per heavy atom. The van der Waals surface area contributed by atoms with Crippen molar-refractivity contribution in [1.29, 1.82) is 0 Å². The first-order valence-electron chi connectivity index (χ1n) is 4.83. The molecule has 0 saturated carbocycles. The summed E-state index contributed by atoms with van der Waals surface area (Å²) in [7, 11) is 2.46. The lowest BCUT2D eigenvalue weighted by molar-refractivity contribution is 0.0580. The zero-order chi connectivity index (χ0) is 12.4. The van der Waals surface area contributed by atoms with Gasteiger partial charge in [-0.3, -0.25) is 0 Å². The molecule has 1 heterocycles. The molecule has 17 heavy (non-hydrogen) atoms. The first kappa shape index (κ1) is 11.1. The monoisotopic (exact) mass is 234 g/mol. The van der Waals surface area contributed by atoms with Gasteiger partial charge < -0.3 is 9.47 Å². The molecule has 6 heteroatoms. The highest BCUT2D eigenvalue weighted by Crippen LogP contribution is 2.16. The molecule has 0 bridgehead atoms. The number of imidazole rings is 1. The lowest BCUT2D eigenvalue weighted by Gasteiger charge is -2.04. The van der Waals surface area contributed by atoms with Crippen molar-refractivity contribution in [3.8, 4) is 0 Å². The molecule has 88 valence electrons. The Bertz CT molecular complexity index is 588. The molecule has 0 aliphatic rings. The number of benzene rings is 1. The van der Waals surface area contributed by atoms with Crippen LogP contribution in [0.4, 0.5) is 4.79 Å². The summed E-state index contributed by atoms with van der Waals surface area (Å²) in [5, 5.41) is 0. The van der Waals surface area contributed by atoms with Crippen molar-refractivity contribution < 1.29 is 19.1 Å². The standard InChI is InChI=1S/C11H10N2O4/c1-16-10(14)9-12-7-5-3-4-6-8(7)13(9)11(15)17-2/h3-6H,1-2H3. The fourth-order valence-corrected chi connectivity index (χ4v) is 1.53. The highest BCUT2D eigenvalue weighted by Gasteiger charge is 2.22. The quantitative estimate of drug-likeness (QED) is 0.698. The fraction of sp³-hybridized carbons (Fsp3) is 0.182. The van der Waals surface area contributed by atoms with Gasteiger partial charge in [0.25, 0.3) is 0 Å². The zero-order valence-corrected chi connectivity index (χ0v) is 9.34. The van der Waals surface area contributed by atoms with Gasteiger partial charge in [-0.15, -0.1) is 0 Å². The molecule has 2 aromatic rings. The first-order valence-corrected chi connectivity index (χ1v) is 4.83. The predicted molar refractivity (Wildman–Crippen MR) is 58.9 cm³/mol. The summed E-state index contributed by atoms with van der Waals surface area (Å²) in [5.41, 5.74) is 1.03. The Labute approximate surface area is 96.8 Å². The van der Waals surface area contributed by atoms with Crippen LogP contribution < -0.4 is 0 Å². The summed E-state index contributed by atoms with van der Waals surface area (Å²) in [6, 6.07) is 6.87. The second kappa shape index (κ2) is 4.25. The molecule has 0 unspecified atom stereocenters. The van der Waals surface area contributed by atoms with E-state index in [-0.39, 0.29) is 5.82 Å². The van der Waals surface area contributed by atoms with Crippen molar-refractivity contribution in [3.63, 3.8) is 0 Å². The van der Waals surface area contributed by atoms with E-state index in [4.69, 9.17) is 0 Å². The number of ether oxygens (including phenoxy) is 2. The van der Waals surface area contributed by atoms with Crippen molar-refractivity contribution >= 4 is 23.1 Å². The van der Waals surface area contributed by atoms with Crippen LogP contribution in [0.2, 0.25) is 0 Å². The SMILES string of the molecule is COC(=O)c1nc2ccccc2n1C(=O)OC. The number of methoxy groups -OCH3 is 2. The molecule has 0 N–H and O–H groups in total. The summed E-state index contributed by atoms with van der Waals surface area (Å²) in [5.74, 6) is -0.785. The number of rotatable bonds is 1. The smallest absolute Gasteiger partial charge is 0.420 e. The molecule has 0 fully saturated rings. The number of aromatic nitrogens is 2. The average molecular weight is 234 g/mol. The van der Waals surface area contributed by atoms with Gasteiger partial charge in [-0.2, -0.15) is 0 Å². The maximum absolute atomic E-state index is 11.6. The summed E-state index contributed by atoms with van der Waals surface area (Å²) in [6.07, 6.45) is -0.681. The molecule has 1 aromatic heterocycles. The molecule has 0 amide bonds. The molecule has 0 aliphatic heterocycles. The highest BCUT2D eigenvalue weighted by molar-refractivity contribution is 5.97. The number of fused-ring (bicyclic) bond motifs is 1. The average Bonchev–Trinajstić information content (AvgIpc) is 2.76. The number of carbonyl (C=O) groups is 2. The topological polar surface area (TPSA) is 70.4 Å². The van der Waals surface area contributed by atoms with Crippen LogP contribution >= 0.6 is 0 Å². The lowest BCUT2D eigenvalue weighted by Crippen LogP contribution is -2.19. The number of hydrogen-bond acceptors (Lipinski definition) is 5. The Morgan fingerprint density at radius 2 is 1.88 bits per heavy atom. The van der Waals surface area contributed by atoms with Crippen LogP contribution in [0.25, 0.3) is 11.0 Å². The lowest BCUT2D eigenvalue weighted by atomic mass is 10.3. The largest absolute Gasteiger partial charge is 0.463 e. The maximum Gasteiger partial charge on any atom is 0.420 e. The minimum Gasteiger partial charge on any atom is -0.463 e. The summed E-state index contributed by atoms with van der Waals surface area (Å²) >= 11 is 0. The fourth-order valence-electron chi connectivity index (χ4n) is 1.53. The Kier molecular flexibility index (Phi) is 2.78. The van der Waals surface area contributed by atoms with Crippen molar-refractivity contribution in [3.05, 3.63) is 30.1 Å². The van der Waals surface area contributed by atoms with Crippen molar-refractivity contribution in [1.82, 2.24) is 9.55 Å². The Hall–Kier alpha value is -2.37. The zero-order valence-electron chi connectivity index (χ0n) is 9.34. The van der Waals surface area contributed by atoms with Crippen LogP contribution in [-0.4, -0.2) is 35.8 Å². The Morgan fingerprint density at radius 1 is 1.18 bits per heavy atom. The third-order valence-corrected chi connectivity index (χ3v) is 2.29. The van der Waals surface area contributed by atoms with Crippen LogP contribution in [0, 0.1) is 0 Å². The molecule has 0 atom stereocenters. The molecule has 1 aromatic carbocycles. The van der Waals surface area contributed by atoms with Gasteiger partial charge >= 0.3 is 12.1 Å². The van der Waals surface area contributed by atoms with Gasteiger partial charge in [0.1, 0.15) is 0 Å². The van der Waals surface area contributed by atoms with Gasteiger partial charge in [-0.25, -0.2) is 19.1 Å². The van der Waals surface area contributed by atoms with Crippen LogP contribution in [0.5, 0.6) is 0 Å². The third kappa shape index (κ3) is 1.73. The summed E-state index contributed by atoms with van der Waals surface area (Å²) in [6.45, 7) is 0. The number of hydrogen-bond donors (Lipinski definition) is 0. The first-order chi connectivity index (χ1) is 8.19. The van der Waals surface area contributed by atoms with E-state index in [0.717, 1.165) is 4.57 Å². The molecular weight excluding hydrogens is 224 g/mol. The van der Waals surface area contributed by atoms with Crippen molar-refractivity contribution in [2.45, 2.75) is 0 Å². The molecule has 0 radical (unpaired) electrons. The minimum atomic E-state index is -0.688. The van der Waals surface area contributed by atoms with E-state index in [2.05, 4.69) is 14.5 Å². The van der Waals surface area contributed by atoms with Gasteiger partial charge in [-0.05, 0) is 12.1 Å². The van der Waals surface area contributed by atoms with Crippen LogP contribution in [-0.2, 0) is 9.47 Å². The molecule has 0 saturated heterocycles. The summed E-state index contributed by atoms with van der Waals surface area (Å²) < 4.78 is 10.3. The van der Waals surface area contributed by atoms with Gasteiger partial charge in [0.15, 0.2) is 0 Å². The van der Waals surface area contributed by atoms with Crippen LogP contribution in [0.1, 0.15) is 10.6 Å². The predicted octanol–water partition coefficient (Wildman–Crippen LogP) is 1.44. The van der Waals surface area contributed by atoms with E-state index in [9.17, 15) is 9.59 Å². The van der Waals surface area contributed by atoms with Crippen LogP contribution in [0.15, 0.2) is 24.3 Å². The molecule has 0 spiro atoms. The Balaban J connectivity index is 2.73. The second-order valence-electron chi connectivity index (χ2n) is 3.22. The number of nitrogens with zero attached hydrogens (tertiary/aromatic N) is 2. The summed E-state index contributed by atoms with van der Waals surface area (Å²) in [4.78, 5) is 27.2. The van der Waals surface area contributed by atoms with Gasteiger partial charge in [-0.1, -0.05) is 12.1 Å². The number of para-hydroxylation sites is 2. The van der Waals surface area contributed by atoms with Gasteiger partial charge in [0.2, 0.25) is 5.82 Å². The van der Waals surface area contributed by atoms with E-state index in [0.29, 0.717) is 11.0 Å². The maximum atomic E-state index is 11.6.